The Morgan fingerprint density at radius 3 is 2.75 bits per heavy atom. The summed E-state index contributed by atoms with van der Waals surface area (Å²) in [7, 11) is 0. The molecule has 2 N–H and O–H groups in total. The molecule has 0 radical (unpaired) electrons. The Hall–Kier alpha value is -1.27. The van der Waals surface area contributed by atoms with Crippen molar-refractivity contribution in [3.63, 3.8) is 0 Å². The first-order valence-corrected chi connectivity index (χ1v) is 7.61. The molecule has 106 valence electrons. The number of nitrogens with two attached hydrogens (primary N) is 1. The molecule has 0 aromatic carbocycles. The molecular weight excluding hydrogens is 320 g/mol. The van der Waals surface area contributed by atoms with Gasteiger partial charge in [-0.25, -0.2) is 0 Å². The Morgan fingerprint density at radius 2 is 2.10 bits per heavy atom. The number of hydrogen-bond acceptors (Lipinski definition) is 5. The van der Waals surface area contributed by atoms with Crippen LogP contribution >= 0.6 is 15.9 Å². The second-order valence-electron chi connectivity index (χ2n) is 5.62. The van der Waals surface area contributed by atoms with Gasteiger partial charge < -0.3 is 10.3 Å². The van der Waals surface area contributed by atoms with Gasteiger partial charge in [-0.1, -0.05) is 12.1 Å². The Labute approximate surface area is 126 Å². The van der Waals surface area contributed by atoms with Crippen LogP contribution in [-0.4, -0.2) is 15.1 Å². The molecule has 0 saturated heterocycles. The SMILES string of the molecule is CC1CCC(N)(c2nc(-c3ccc(Br)cn3)no2)CC1. The fraction of sp³-hybridized carbons (Fsp3) is 0.500. The van der Waals surface area contributed by atoms with Gasteiger partial charge in [-0.15, -0.1) is 0 Å². The summed E-state index contributed by atoms with van der Waals surface area (Å²) in [5.74, 6) is 1.75. The average molecular weight is 337 g/mol. The van der Waals surface area contributed by atoms with Gasteiger partial charge in [0, 0.05) is 10.7 Å². The van der Waals surface area contributed by atoms with Crippen LogP contribution in [0, 0.1) is 5.92 Å². The first-order valence-electron chi connectivity index (χ1n) is 6.82. The predicted molar refractivity (Wildman–Crippen MR) is 78.7 cm³/mol. The highest BCUT2D eigenvalue weighted by molar-refractivity contribution is 9.10. The van der Waals surface area contributed by atoms with Crippen LogP contribution in [-0.2, 0) is 5.54 Å². The first-order chi connectivity index (χ1) is 9.57. The van der Waals surface area contributed by atoms with E-state index in [1.165, 1.54) is 0 Å². The van der Waals surface area contributed by atoms with Gasteiger partial charge >= 0.3 is 0 Å². The summed E-state index contributed by atoms with van der Waals surface area (Å²) in [5.41, 5.74) is 6.65. The highest BCUT2D eigenvalue weighted by Crippen LogP contribution is 2.37. The lowest BCUT2D eigenvalue weighted by molar-refractivity contribution is 0.190. The lowest BCUT2D eigenvalue weighted by atomic mass is 9.78. The van der Waals surface area contributed by atoms with E-state index < -0.39 is 5.54 Å². The molecule has 0 spiro atoms. The third-order valence-electron chi connectivity index (χ3n) is 3.97. The quantitative estimate of drug-likeness (QED) is 0.910. The van der Waals surface area contributed by atoms with E-state index in [1.54, 1.807) is 6.20 Å². The summed E-state index contributed by atoms with van der Waals surface area (Å²) in [4.78, 5) is 8.72. The normalized spacial score (nSPS) is 26.6. The molecular formula is C14H17BrN4O. The molecule has 6 heteroatoms. The zero-order valence-electron chi connectivity index (χ0n) is 11.3. The van der Waals surface area contributed by atoms with Crippen molar-refractivity contribution in [1.82, 2.24) is 15.1 Å². The number of hydrogen-bond donors (Lipinski definition) is 1. The first kappa shape index (κ1) is 13.7. The topological polar surface area (TPSA) is 77.8 Å². The van der Waals surface area contributed by atoms with Crippen LogP contribution in [0.5, 0.6) is 0 Å². The van der Waals surface area contributed by atoms with Crippen LogP contribution in [0.25, 0.3) is 11.5 Å². The van der Waals surface area contributed by atoms with E-state index in [2.05, 4.69) is 38.0 Å². The van der Waals surface area contributed by atoms with Crippen LogP contribution < -0.4 is 5.73 Å². The van der Waals surface area contributed by atoms with Crippen LogP contribution in [0.2, 0.25) is 0 Å². The standard InChI is InChI=1S/C14H17BrN4O/c1-9-4-6-14(16,7-5-9)13-18-12(19-20-13)11-3-2-10(15)8-17-11/h2-3,8-9H,4-7,16H2,1H3. The van der Waals surface area contributed by atoms with E-state index in [1.807, 2.05) is 12.1 Å². The average Bonchev–Trinajstić information content (AvgIpc) is 2.94. The molecule has 3 rings (SSSR count). The number of pyridine rings is 1. The lowest BCUT2D eigenvalue weighted by Crippen LogP contribution is -2.40. The third kappa shape index (κ3) is 2.62. The molecule has 0 aliphatic heterocycles. The van der Waals surface area contributed by atoms with E-state index in [9.17, 15) is 0 Å². The Balaban J connectivity index is 1.85. The highest BCUT2D eigenvalue weighted by Gasteiger charge is 2.37. The van der Waals surface area contributed by atoms with E-state index in [4.69, 9.17) is 10.3 Å². The molecule has 2 aromatic heterocycles. The van der Waals surface area contributed by atoms with Crippen molar-refractivity contribution >= 4 is 15.9 Å². The van der Waals surface area contributed by atoms with E-state index in [0.717, 1.165) is 36.1 Å². The minimum absolute atomic E-state index is 0.479. The van der Waals surface area contributed by atoms with E-state index in [0.29, 0.717) is 17.4 Å². The van der Waals surface area contributed by atoms with Crippen molar-refractivity contribution in [2.75, 3.05) is 0 Å². The monoisotopic (exact) mass is 336 g/mol. The Bertz CT molecular complexity index is 587. The second-order valence-corrected chi connectivity index (χ2v) is 6.54. The molecule has 2 aromatic rings. The molecule has 1 aliphatic rings. The second kappa shape index (κ2) is 5.26. The Morgan fingerprint density at radius 1 is 1.35 bits per heavy atom. The van der Waals surface area contributed by atoms with E-state index >= 15 is 0 Å². The van der Waals surface area contributed by atoms with Crippen LogP contribution in [0.3, 0.4) is 0 Å². The number of nitrogens with zero attached hydrogens (tertiary/aromatic N) is 3. The van der Waals surface area contributed by atoms with Gasteiger partial charge in [-0.2, -0.15) is 4.98 Å². The Kier molecular flexibility index (Phi) is 3.60. The smallest absolute Gasteiger partial charge is 0.247 e. The molecule has 0 bridgehead atoms. The number of rotatable bonds is 2. The van der Waals surface area contributed by atoms with Gasteiger partial charge in [-0.05, 0) is 59.7 Å². The summed E-state index contributed by atoms with van der Waals surface area (Å²) in [6, 6.07) is 3.75. The molecule has 0 atom stereocenters. The molecule has 1 fully saturated rings. The molecule has 0 unspecified atom stereocenters. The van der Waals surface area contributed by atoms with Gasteiger partial charge in [0.05, 0.1) is 5.54 Å². The highest BCUT2D eigenvalue weighted by atomic mass is 79.9. The largest absolute Gasteiger partial charge is 0.337 e. The van der Waals surface area contributed by atoms with Gasteiger partial charge in [0.1, 0.15) is 5.69 Å². The van der Waals surface area contributed by atoms with Crippen LogP contribution in [0.4, 0.5) is 0 Å². The van der Waals surface area contributed by atoms with Gasteiger partial charge in [0.25, 0.3) is 0 Å². The molecule has 1 aliphatic carbocycles. The zero-order chi connectivity index (χ0) is 14.2. The summed E-state index contributed by atoms with van der Waals surface area (Å²) in [6.45, 7) is 2.25. The zero-order valence-corrected chi connectivity index (χ0v) is 12.9. The molecule has 1 saturated carbocycles. The summed E-state index contributed by atoms with van der Waals surface area (Å²) >= 11 is 3.35. The number of halogens is 1. The molecule has 5 nitrogen and oxygen atoms in total. The maximum Gasteiger partial charge on any atom is 0.247 e. The summed E-state index contributed by atoms with van der Waals surface area (Å²) in [5, 5.41) is 4.01. The van der Waals surface area contributed by atoms with Crippen molar-refractivity contribution in [2.24, 2.45) is 11.7 Å². The van der Waals surface area contributed by atoms with Gasteiger partial charge in [-0.3, -0.25) is 4.98 Å². The van der Waals surface area contributed by atoms with Crippen molar-refractivity contribution in [2.45, 2.75) is 38.1 Å². The van der Waals surface area contributed by atoms with Crippen molar-refractivity contribution < 1.29 is 4.52 Å². The number of aromatic nitrogens is 3. The molecule has 2 heterocycles. The van der Waals surface area contributed by atoms with Gasteiger partial charge in [0.15, 0.2) is 0 Å². The van der Waals surface area contributed by atoms with Crippen LogP contribution in [0.15, 0.2) is 27.3 Å². The fourth-order valence-corrected chi connectivity index (χ4v) is 2.76. The third-order valence-corrected chi connectivity index (χ3v) is 4.44. The molecule has 20 heavy (non-hydrogen) atoms. The minimum Gasteiger partial charge on any atom is -0.337 e. The fourth-order valence-electron chi connectivity index (χ4n) is 2.53. The maximum absolute atomic E-state index is 6.43. The van der Waals surface area contributed by atoms with Gasteiger partial charge in [0.2, 0.25) is 11.7 Å². The van der Waals surface area contributed by atoms with Crippen LogP contribution in [0.1, 0.15) is 38.5 Å². The predicted octanol–water partition coefficient (Wildman–Crippen LogP) is 3.26. The maximum atomic E-state index is 6.43. The van der Waals surface area contributed by atoms with E-state index in [-0.39, 0.29) is 0 Å². The summed E-state index contributed by atoms with van der Waals surface area (Å²) in [6.07, 6.45) is 5.70. The van der Waals surface area contributed by atoms with Crippen molar-refractivity contribution in [3.8, 4) is 11.5 Å². The summed E-state index contributed by atoms with van der Waals surface area (Å²) < 4.78 is 6.31. The molecule has 0 amide bonds. The lowest BCUT2D eigenvalue weighted by Gasteiger charge is -2.32. The van der Waals surface area contributed by atoms with Crippen molar-refractivity contribution in [1.29, 1.82) is 0 Å². The minimum atomic E-state index is -0.479. The van der Waals surface area contributed by atoms with Crippen molar-refractivity contribution in [3.05, 3.63) is 28.7 Å².